The summed E-state index contributed by atoms with van der Waals surface area (Å²) in [4.78, 5) is 28.9. The van der Waals surface area contributed by atoms with Crippen LogP contribution in [0.3, 0.4) is 0 Å². The van der Waals surface area contributed by atoms with Crippen molar-refractivity contribution < 1.29 is 14.3 Å². The third kappa shape index (κ3) is 5.95. The summed E-state index contributed by atoms with van der Waals surface area (Å²) in [6.45, 7) is 8.28. The van der Waals surface area contributed by atoms with Gasteiger partial charge in [0.1, 0.15) is 5.60 Å². The molecule has 0 unspecified atom stereocenters. The maximum Gasteiger partial charge on any atom is 0.410 e. The number of nitrogens with one attached hydrogen (secondary N) is 1. The van der Waals surface area contributed by atoms with Gasteiger partial charge in [-0.05, 0) is 68.3 Å². The van der Waals surface area contributed by atoms with E-state index in [1.165, 1.54) is 0 Å². The van der Waals surface area contributed by atoms with Crippen LogP contribution in [0.15, 0.2) is 78.9 Å². The molecule has 1 aliphatic rings. The van der Waals surface area contributed by atoms with Gasteiger partial charge in [-0.15, -0.1) is 0 Å². The van der Waals surface area contributed by atoms with Crippen molar-refractivity contribution in [1.82, 2.24) is 4.90 Å². The molecule has 0 atom stereocenters. The SMILES string of the molecule is CC(C)(C)OC(=O)N1CCN(c2ccc(C(=O)Nc3ccc(-c4ccccc4)cc3)cc2)CC1. The van der Waals surface area contributed by atoms with Crippen molar-refractivity contribution >= 4 is 23.4 Å². The Balaban J connectivity index is 1.31. The second-order valence-corrected chi connectivity index (χ2v) is 9.40. The number of piperazine rings is 1. The molecular formula is C28H31N3O3. The molecule has 1 aliphatic heterocycles. The molecule has 3 aromatic rings. The third-order valence-electron chi connectivity index (χ3n) is 5.68. The number of benzene rings is 3. The molecule has 1 fully saturated rings. The minimum atomic E-state index is -0.492. The number of ether oxygens (including phenoxy) is 1. The van der Waals surface area contributed by atoms with E-state index < -0.39 is 5.60 Å². The summed E-state index contributed by atoms with van der Waals surface area (Å²) in [6, 6.07) is 25.6. The van der Waals surface area contributed by atoms with Crippen LogP contribution in [-0.4, -0.2) is 48.7 Å². The molecule has 0 spiro atoms. The molecule has 4 rings (SSSR count). The van der Waals surface area contributed by atoms with Crippen LogP contribution in [-0.2, 0) is 4.74 Å². The minimum Gasteiger partial charge on any atom is -0.444 e. The van der Waals surface area contributed by atoms with E-state index >= 15 is 0 Å². The first-order valence-corrected chi connectivity index (χ1v) is 11.6. The van der Waals surface area contributed by atoms with Crippen LogP contribution >= 0.6 is 0 Å². The van der Waals surface area contributed by atoms with E-state index in [9.17, 15) is 9.59 Å². The number of nitrogens with zero attached hydrogens (tertiary/aromatic N) is 2. The standard InChI is InChI=1S/C28H31N3O3/c1-28(2,3)34-27(33)31-19-17-30(18-20-31)25-15-11-23(12-16-25)26(32)29-24-13-9-22(10-14-24)21-7-5-4-6-8-21/h4-16H,17-20H2,1-3H3,(H,29,32). The van der Waals surface area contributed by atoms with E-state index in [4.69, 9.17) is 4.74 Å². The summed E-state index contributed by atoms with van der Waals surface area (Å²) in [5.41, 5.74) is 4.15. The van der Waals surface area contributed by atoms with Gasteiger partial charge in [0.2, 0.25) is 0 Å². The molecule has 6 nitrogen and oxygen atoms in total. The van der Waals surface area contributed by atoms with Crippen molar-refractivity contribution in [3.8, 4) is 11.1 Å². The highest BCUT2D eigenvalue weighted by atomic mass is 16.6. The highest BCUT2D eigenvalue weighted by Gasteiger charge is 2.26. The summed E-state index contributed by atoms with van der Waals surface area (Å²) >= 11 is 0. The molecule has 34 heavy (non-hydrogen) atoms. The fourth-order valence-corrected chi connectivity index (χ4v) is 3.88. The second kappa shape index (κ2) is 10.00. The number of hydrogen-bond donors (Lipinski definition) is 1. The molecule has 1 saturated heterocycles. The van der Waals surface area contributed by atoms with E-state index in [2.05, 4.69) is 22.3 Å². The van der Waals surface area contributed by atoms with E-state index in [1.54, 1.807) is 4.90 Å². The molecular weight excluding hydrogens is 426 g/mol. The van der Waals surface area contributed by atoms with Crippen molar-refractivity contribution in [3.05, 3.63) is 84.4 Å². The van der Waals surface area contributed by atoms with Crippen molar-refractivity contribution in [3.63, 3.8) is 0 Å². The Morgan fingerprint density at radius 1 is 0.765 bits per heavy atom. The van der Waals surface area contributed by atoms with Crippen LogP contribution in [0.5, 0.6) is 0 Å². The van der Waals surface area contributed by atoms with E-state index in [0.717, 1.165) is 35.6 Å². The minimum absolute atomic E-state index is 0.145. The van der Waals surface area contributed by atoms with E-state index in [0.29, 0.717) is 18.7 Å². The van der Waals surface area contributed by atoms with Gasteiger partial charge < -0.3 is 19.9 Å². The largest absolute Gasteiger partial charge is 0.444 e. The lowest BCUT2D eigenvalue weighted by molar-refractivity contribution is 0.0240. The Morgan fingerprint density at radius 2 is 1.35 bits per heavy atom. The molecule has 176 valence electrons. The number of carbonyl (C=O) groups is 2. The lowest BCUT2D eigenvalue weighted by Gasteiger charge is -2.36. The summed E-state index contributed by atoms with van der Waals surface area (Å²) in [6.07, 6.45) is -0.268. The lowest BCUT2D eigenvalue weighted by Crippen LogP contribution is -2.50. The Bertz CT molecular complexity index is 1110. The van der Waals surface area contributed by atoms with Gasteiger partial charge in [-0.2, -0.15) is 0 Å². The average molecular weight is 458 g/mol. The zero-order valence-corrected chi connectivity index (χ0v) is 20.0. The van der Waals surface area contributed by atoms with Crippen molar-refractivity contribution in [2.75, 3.05) is 36.4 Å². The summed E-state index contributed by atoms with van der Waals surface area (Å²) < 4.78 is 5.46. The van der Waals surface area contributed by atoms with Crippen LogP contribution in [0.4, 0.5) is 16.2 Å². The average Bonchev–Trinajstić information content (AvgIpc) is 2.84. The van der Waals surface area contributed by atoms with E-state index in [1.807, 2.05) is 87.5 Å². The first-order valence-electron chi connectivity index (χ1n) is 11.6. The molecule has 0 saturated carbocycles. The van der Waals surface area contributed by atoms with Crippen molar-refractivity contribution in [1.29, 1.82) is 0 Å². The van der Waals surface area contributed by atoms with Gasteiger partial charge in [0.25, 0.3) is 5.91 Å². The van der Waals surface area contributed by atoms with Gasteiger partial charge in [0.15, 0.2) is 0 Å². The topological polar surface area (TPSA) is 61.9 Å². The van der Waals surface area contributed by atoms with Gasteiger partial charge in [-0.1, -0.05) is 42.5 Å². The quantitative estimate of drug-likeness (QED) is 0.549. The normalized spacial score (nSPS) is 14.0. The Labute approximate surface area is 201 Å². The predicted octanol–water partition coefficient (Wildman–Crippen LogP) is 5.66. The van der Waals surface area contributed by atoms with Gasteiger partial charge in [0, 0.05) is 43.1 Å². The summed E-state index contributed by atoms with van der Waals surface area (Å²) in [5, 5.41) is 2.96. The van der Waals surface area contributed by atoms with Crippen LogP contribution in [0.25, 0.3) is 11.1 Å². The molecule has 1 heterocycles. The first-order chi connectivity index (χ1) is 16.3. The van der Waals surface area contributed by atoms with Gasteiger partial charge in [-0.25, -0.2) is 4.79 Å². The summed E-state index contributed by atoms with van der Waals surface area (Å²) in [5.74, 6) is -0.145. The second-order valence-electron chi connectivity index (χ2n) is 9.40. The van der Waals surface area contributed by atoms with E-state index in [-0.39, 0.29) is 12.0 Å². The highest BCUT2D eigenvalue weighted by Crippen LogP contribution is 2.22. The number of amides is 2. The monoisotopic (exact) mass is 457 g/mol. The fourth-order valence-electron chi connectivity index (χ4n) is 3.88. The maximum atomic E-state index is 12.7. The van der Waals surface area contributed by atoms with Crippen molar-refractivity contribution in [2.45, 2.75) is 26.4 Å². The smallest absolute Gasteiger partial charge is 0.410 e. The zero-order chi connectivity index (χ0) is 24.1. The van der Waals surface area contributed by atoms with Crippen LogP contribution in [0, 0.1) is 0 Å². The number of hydrogen-bond acceptors (Lipinski definition) is 4. The lowest BCUT2D eigenvalue weighted by atomic mass is 10.1. The highest BCUT2D eigenvalue weighted by molar-refractivity contribution is 6.04. The van der Waals surface area contributed by atoms with Gasteiger partial charge in [0.05, 0.1) is 0 Å². The molecule has 1 N–H and O–H groups in total. The van der Waals surface area contributed by atoms with Crippen LogP contribution in [0.2, 0.25) is 0 Å². The fraction of sp³-hybridized carbons (Fsp3) is 0.286. The third-order valence-corrected chi connectivity index (χ3v) is 5.68. The number of anilines is 2. The van der Waals surface area contributed by atoms with Gasteiger partial charge >= 0.3 is 6.09 Å². The first kappa shape index (κ1) is 23.4. The molecule has 0 bridgehead atoms. The zero-order valence-electron chi connectivity index (χ0n) is 20.0. The Hall–Kier alpha value is -3.80. The molecule has 3 aromatic carbocycles. The Kier molecular flexibility index (Phi) is 6.87. The maximum absolute atomic E-state index is 12.7. The molecule has 6 heteroatoms. The molecule has 0 aliphatic carbocycles. The molecule has 2 amide bonds. The van der Waals surface area contributed by atoms with Crippen molar-refractivity contribution in [2.24, 2.45) is 0 Å². The molecule has 0 radical (unpaired) electrons. The number of carbonyl (C=O) groups excluding carboxylic acids is 2. The van der Waals surface area contributed by atoms with Crippen LogP contribution in [0.1, 0.15) is 31.1 Å². The summed E-state index contributed by atoms with van der Waals surface area (Å²) in [7, 11) is 0. The predicted molar refractivity (Wildman–Crippen MR) is 136 cm³/mol. The molecule has 0 aromatic heterocycles. The Morgan fingerprint density at radius 3 is 1.94 bits per heavy atom. The van der Waals surface area contributed by atoms with Crippen LogP contribution < -0.4 is 10.2 Å². The van der Waals surface area contributed by atoms with Gasteiger partial charge in [-0.3, -0.25) is 4.79 Å². The number of rotatable bonds is 4.